The van der Waals surface area contributed by atoms with Crippen LogP contribution in [0.5, 0.6) is 0 Å². The average molecular weight is 264 g/mol. The Morgan fingerprint density at radius 3 is 2.29 bits per heavy atom. The van der Waals surface area contributed by atoms with Crippen molar-refractivity contribution in [2.24, 2.45) is 5.92 Å². The van der Waals surface area contributed by atoms with Crippen LogP contribution in [0.4, 0.5) is 4.79 Å². The van der Waals surface area contributed by atoms with Crippen molar-refractivity contribution in [3.05, 3.63) is 0 Å². The summed E-state index contributed by atoms with van der Waals surface area (Å²) in [5.41, 5.74) is 0. The summed E-state index contributed by atoms with van der Waals surface area (Å²) in [6.45, 7) is 4.76. The highest BCUT2D eigenvalue weighted by atomic mass is 35.5. The normalized spacial score (nSPS) is 9.88. The van der Waals surface area contributed by atoms with Crippen molar-refractivity contribution >= 4 is 29.4 Å². The SMILES string of the molecule is CC(C)CNC(=O)CCNC(=O)NC(=O)CCl. The van der Waals surface area contributed by atoms with E-state index in [9.17, 15) is 14.4 Å². The quantitative estimate of drug-likeness (QED) is 0.599. The van der Waals surface area contributed by atoms with Gasteiger partial charge in [0.1, 0.15) is 5.88 Å². The van der Waals surface area contributed by atoms with E-state index in [1.165, 1.54) is 0 Å². The molecule has 0 aliphatic heterocycles. The van der Waals surface area contributed by atoms with Crippen LogP contribution in [0.15, 0.2) is 0 Å². The molecule has 0 aromatic rings. The number of carbonyl (C=O) groups excluding carboxylic acids is 3. The van der Waals surface area contributed by atoms with Gasteiger partial charge < -0.3 is 10.6 Å². The number of imide groups is 1. The standard InChI is InChI=1S/C10H18ClN3O3/c1-7(2)6-13-8(15)3-4-12-10(17)14-9(16)5-11/h7H,3-6H2,1-2H3,(H,13,15)(H2,12,14,16,17). The van der Waals surface area contributed by atoms with Gasteiger partial charge in [-0.25, -0.2) is 4.79 Å². The van der Waals surface area contributed by atoms with Gasteiger partial charge in [-0.3, -0.25) is 14.9 Å². The van der Waals surface area contributed by atoms with Crippen LogP contribution in [0.3, 0.4) is 0 Å². The van der Waals surface area contributed by atoms with Gasteiger partial charge in [-0.15, -0.1) is 11.6 Å². The lowest BCUT2D eigenvalue weighted by Crippen LogP contribution is -2.41. The molecule has 17 heavy (non-hydrogen) atoms. The fourth-order valence-electron chi connectivity index (χ4n) is 0.900. The van der Waals surface area contributed by atoms with Gasteiger partial charge >= 0.3 is 6.03 Å². The number of halogens is 1. The van der Waals surface area contributed by atoms with Crippen molar-refractivity contribution in [3.8, 4) is 0 Å². The minimum absolute atomic E-state index is 0.136. The number of amides is 4. The third kappa shape index (κ3) is 9.62. The molecule has 4 amide bonds. The molecule has 0 rings (SSSR count). The molecule has 6 nitrogen and oxygen atoms in total. The van der Waals surface area contributed by atoms with E-state index < -0.39 is 11.9 Å². The lowest BCUT2D eigenvalue weighted by Gasteiger charge is -2.08. The molecule has 0 aliphatic carbocycles. The number of nitrogens with one attached hydrogen (secondary N) is 3. The molecule has 0 unspecified atom stereocenters. The van der Waals surface area contributed by atoms with Gasteiger partial charge in [0.2, 0.25) is 11.8 Å². The summed E-state index contributed by atoms with van der Waals surface area (Å²) in [7, 11) is 0. The van der Waals surface area contributed by atoms with Gasteiger partial charge in [0.15, 0.2) is 0 Å². The molecule has 0 bridgehead atoms. The van der Waals surface area contributed by atoms with Crippen LogP contribution >= 0.6 is 11.6 Å². The van der Waals surface area contributed by atoms with Gasteiger partial charge in [0.25, 0.3) is 0 Å². The van der Waals surface area contributed by atoms with E-state index >= 15 is 0 Å². The molecule has 0 spiro atoms. The van der Waals surface area contributed by atoms with Crippen molar-refractivity contribution in [2.45, 2.75) is 20.3 Å². The first-order chi connectivity index (χ1) is 7.95. The predicted molar refractivity (Wildman–Crippen MR) is 64.7 cm³/mol. The molecule has 0 heterocycles. The van der Waals surface area contributed by atoms with Crippen molar-refractivity contribution in [3.63, 3.8) is 0 Å². The monoisotopic (exact) mass is 263 g/mol. The molecule has 0 radical (unpaired) electrons. The first-order valence-electron chi connectivity index (χ1n) is 5.36. The predicted octanol–water partition coefficient (Wildman–Crippen LogP) is 0.213. The van der Waals surface area contributed by atoms with E-state index in [1.54, 1.807) is 0 Å². The molecular formula is C10H18ClN3O3. The Balaban J connectivity index is 3.59. The van der Waals surface area contributed by atoms with Crippen molar-refractivity contribution < 1.29 is 14.4 Å². The summed E-state index contributed by atoms with van der Waals surface area (Å²) >= 11 is 5.20. The third-order valence-corrected chi connectivity index (χ3v) is 1.96. The summed E-state index contributed by atoms with van der Waals surface area (Å²) in [5.74, 6) is -0.602. The van der Waals surface area contributed by atoms with Crippen LogP contribution in [0.1, 0.15) is 20.3 Å². The number of rotatable bonds is 6. The van der Waals surface area contributed by atoms with Gasteiger partial charge in [-0.1, -0.05) is 13.8 Å². The molecule has 0 atom stereocenters. The fourth-order valence-corrected chi connectivity index (χ4v) is 0.967. The van der Waals surface area contributed by atoms with E-state index in [-0.39, 0.29) is 24.8 Å². The van der Waals surface area contributed by atoms with Gasteiger partial charge in [-0.2, -0.15) is 0 Å². The van der Waals surface area contributed by atoms with Crippen LogP contribution in [-0.2, 0) is 9.59 Å². The maximum Gasteiger partial charge on any atom is 0.321 e. The van der Waals surface area contributed by atoms with Gasteiger partial charge in [0.05, 0.1) is 0 Å². The third-order valence-electron chi connectivity index (χ3n) is 1.72. The van der Waals surface area contributed by atoms with E-state index in [0.29, 0.717) is 12.5 Å². The van der Waals surface area contributed by atoms with E-state index in [0.717, 1.165) is 0 Å². The first kappa shape index (κ1) is 15.7. The van der Waals surface area contributed by atoms with Crippen LogP contribution in [-0.4, -0.2) is 36.8 Å². The second kappa shape index (κ2) is 8.81. The van der Waals surface area contributed by atoms with Crippen molar-refractivity contribution in [1.29, 1.82) is 0 Å². The van der Waals surface area contributed by atoms with Crippen molar-refractivity contribution in [1.82, 2.24) is 16.0 Å². The van der Waals surface area contributed by atoms with Gasteiger partial charge in [-0.05, 0) is 5.92 Å². The molecule has 0 saturated heterocycles. The van der Waals surface area contributed by atoms with Crippen LogP contribution in [0.2, 0.25) is 0 Å². The molecule has 98 valence electrons. The van der Waals surface area contributed by atoms with E-state index in [4.69, 9.17) is 11.6 Å². The Hall–Kier alpha value is -1.30. The summed E-state index contributed by atoms with van der Waals surface area (Å²) < 4.78 is 0. The number of hydrogen-bond acceptors (Lipinski definition) is 3. The van der Waals surface area contributed by atoms with Crippen LogP contribution in [0, 0.1) is 5.92 Å². The minimum atomic E-state index is -0.646. The topological polar surface area (TPSA) is 87.3 Å². The molecule has 0 aromatic carbocycles. The summed E-state index contributed by atoms with van der Waals surface area (Å²) in [5, 5.41) is 7.09. The molecule has 0 aliphatic rings. The van der Waals surface area contributed by atoms with Crippen molar-refractivity contribution in [2.75, 3.05) is 19.0 Å². The molecule has 7 heteroatoms. The molecule has 0 saturated carbocycles. The Morgan fingerprint density at radius 2 is 1.76 bits per heavy atom. The maximum absolute atomic E-state index is 11.2. The maximum atomic E-state index is 11.2. The zero-order valence-corrected chi connectivity index (χ0v) is 10.8. The summed E-state index contributed by atoms with van der Waals surface area (Å²) in [4.78, 5) is 33.0. The number of carbonyl (C=O) groups is 3. The van der Waals surface area contributed by atoms with Gasteiger partial charge in [0, 0.05) is 19.5 Å². The zero-order valence-electron chi connectivity index (χ0n) is 10.0. The number of urea groups is 1. The lowest BCUT2D eigenvalue weighted by atomic mass is 10.2. The lowest BCUT2D eigenvalue weighted by molar-refractivity contribution is -0.121. The molecule has 0 fully saturated rings. The fraction of sp³-hybridized carbons (Fsp3) is 0.700. The van der Waals surface area contributed by atoms with Crippen LogP contribution < -0.4 is 16.0 Å². The number of alkyl halides is 1. The van der Waals surface area contributed by atoms with Crippen LogP contribution in [0.25, 0.3) is 0 Å². The number of hydrogen-bond donors (Lipinski definition) is 3. The Morgan fingerprint density at radius 1 is 1.12 bits per heavy atom. The molecule has 0 aromatic heterocycles. The highest BCUT2D eigenvalue weighted by molar-refractivity contribution is 6.28. The Bertz CT molecular complexity index is 282. The second-order valence-electron chi connectivity index (χ2n) is 3.89. The largest absolute Gasteiger partial charge is 0.356 e. The molecule has 3 N–H and O–H groups in total. The first-order valence-corrected chi connectivity index (χ1v) is 5.89. The highest BCUT2D eigenvalue weighted by Gasteiger charge is 2.06. The summed E-state index contributed by atoms with van der Waals surface area (Å²) in [6.07, 6.45) is 0.176. The van der Waals surface area contributed by atoms with E-state index in [1.807, 2.05) is 19.2 Å². The molecular weight excluding hydrogens is 246 g/mol. The minimum Gasteiger partial charge on any atom is -0.356 e. The summed E-state index contributed by atoms with van der Waals surface area (Å²) in [6, 6.07) is -0.646. The second-order valence-corrected chi connectivity index (χ2v) is 4.15. The van der Waals surface area contributed by atoms with E-state index in [2.05, 4.69) is 10.6 Å². The highest BCUT2D eigenvalue weighted by Crippen LogP contribution is 1.87. The smallest absolute Gasteiger partial charge is 0.321 e. The Kier molecular flexibility index (Phi) is 8.13. The zero-order chi connectivity index (χ0) is 13.3. The Labute approximate surface area is 105 Å². The average Bonchev–Trinajstić information content (AvgIpc) is 2.26.